The lowest BCUT2D eigenvalue weighted by molar-refractivity contribution is -0.379. The minimum Gasteiger partial charge on any atom is -0.273 e. The summed E-state index contributed by atoms with van der Waals surface area (Å²) < 4.78 is 0. The number of carbonyl (C=O) groups excluding carboxylic acids is 2. The molecule has 17 heavy (non-hydrogen) atoms. The molecule has 0 fully saturated rings. The van der Waals surface area contributed by atoms with Crippen molar-refractivity contribution in [2.24, 2.45) is 0 Å². The molecule has 6 nitrogen and oxygen atoms in total. The van der Waals surface area contributed by atoms with Crippen LogP contribution in [0.25, 0.3) is 0 Å². The summed E-state index contributed by atoms with van der Waals surface area (Å²) in [5, 5.41) is 1.67. The van der Waals surface area contributed by atoms with E-state index in [1.165, 1.54) is 12.1 Å². The van der Waals surface area contributed by atoms with E-state index in [-0.39, 0.29) is 17.2 Å². The van der Waals surface area contributed by atoms with Gasteiger partial charge in [-0.05, 0) is 12.5 Å². The van der Waals surface area contributed by atoms with Gasteiger partial charge in [0.2, 0.25) is 5.91 Å². The number of hydrazine groups is 1. The highest BCUT2D eigenvalue weighted by Gasteiger charge is 2.15. The van der Waals surface area contributed by atoms with E-state index in [0.717, 1.165) is 0 Å². The van der Waals surface area contributed by atoms with E-state index in [2.05, 4.69) is 10.9 Å². The quantitative estimate of drug-likeness (QED) is 0.628. The summed E-state index contributed by atoms with van der Waals surface area (Å²) in [6.07, 6.45) is 1.03. The molecule has 0 atom stereocenters. The van der Waals surface area contributed by atoms with Crippen molar-refractivity contribution < 1.29 is 14.8 Å². The first kappa shape index (κ1) is 12.8. The average molecular weight is 236 g/mol. The lowest BCUT2D eigenvalue weighted by atomic mass is 10.2. The molecule has 1 aromatic rings. The Labute approximate surface area is 98.3 Å². The summed E-state index contributed by atoms with van der Waals surface area (Å²) in [5.41, 5.74) is 4.85. The fourth-order valence-electron chi connectivity index (χ4n) is 1.25. The lowest BCUT2D eigenvalue weighted by Crippen LogP contribution is -2.57. The molecule has 1 aromatic carbocycles. The molecule has 0 unspecified atom stereocenters. The van der Waals surface area contributed by atoms with Crippen LogP contribution in [0.3, 0.4) is 0 Å². The third-order valence-corrected chi connectivity index (χ3v) is 2.07. The Morgan fingerprint density at radius 3 is 2.59 bits per heavy atom. The number of carbonyl (C=O) groups is 2. The number of hydrogen-bond acceptors (Lipinski definition) is 3. The van der Waals surface area contributed by atoms with E-state index in [1.54, 1.807) is 17.3 Å². The van der Waals surface area contributed by atoms with Gasteiger partial charge in [0.05, 0.1) is 0 Å². The molecule has 0 aliphatic carbocycles. The van der Waals surface area contributed by atoms with E-state index >= 15 is 0 Å². The lowest BCUT2D eigenvalue weighted by Gasteiger charge is -2.05. The molecule has 1 rings (SSSR count). The van der Waals surface area contributed by atoms with Crippen molar-refractivity contribution in [1.29, 1.82) is 0 Å². The van der Waals surface area contributed by atoms with Gasteiger partial charge in [0.1, 0.15) is 5.56 Å². The number of nitroso groups, excluding NO2 is 1. The van der Waals surface area contributed by atoms with Crippen LogP contribution < -0.4 is 16.0 Å². The predicted octanol–water partition coefficient (Wildman–Crippen LogP) is -0.274. The third kappa shape index (κ3) is 3.67. The van der Waals surface area contributed by atoms with Crippen molar-refractivity contribution in [1.82, 2.24) is 10.9 Å². The summed E-state index contributed by atoms with van der Waals surface area (Å²) in [6, 6.07) is 6.23. The van der Waals surface area contributed by atoms with Crippen LogP contribution in [0.1, 0.15) is 30.1 Å². The monoisotopic (exact) mass is 236 g/mol. The number of nitrogens with one attached hydrogen (secondary N) is 3. The molecule has 0 spiro atoms. The fourth-order valence-corrected chi connectivity index (χ4v) is 1.25. The van der Waals surface area contributed by atoms with E-state index in [0.29, 0.717) is 12.8 Å². The largest absolute Gasteiger partial charge is 0.276 e. The standard InChI is InChI=1S/C11H13N3O3/c1-2-5-10(15)12-13-11(16)8-6-3-4-7-9(8)14-17/h3-4,6-7H,2,5H2,1H3,(H,12,15)(H,13,16)/p+1. The maximum atomic E-state index is 11.6. The molecule has 0 bridgehead atoms. The minimum absolute atomic E-state index is 0.162. The summed E-state index contributed by atoms with van der Waals surface area (Å²) in [6.45, 7) is 1.86. The van der Waals surface area contributed by atoms with Crippen molar-refractivity contribution >= 4 is 17.5 Å². The minimum atomic E-state index is -0.534. The molecule has 6 heteroatoms. The van der Waals surface area contributed by atoms with Gasteiger partial charge in [-0.1, -0.05) is 19.1 Å². The highest BCUT2D eigenvalue weighted by Crippen LogP contribution is 2.07. The molecular weight excluding hydrogens is 222 g/mol. The molecule has 0 heterocycles. The highest BCUT2D eigenvalue weighted by molar-refractivity contribution is 5.98. The van der Waals surface area contributed by atoms with Crippen molar-refractivity contribution in [3.8, 4) is 0 Å². The molecule has 0 radical (unpaired) electrons. The average Bonchev–Trinajstić information content (AvgIpc) is 2.36. The molecule has 3 N–H and O–H groups in total. The Bertz CT molecular complexity index is 432. The predicted molar refractivity (Wildman–Crippen MR) is 60.9 cm³/mol. The van der Waals surface area contributed by atoms with E-state index < -0.39 is 5.91 Å². The van der Waals surface area contributed by atoms with E-state index in [1.807, 2.05) is 6.92 Å². The first-order chi connectivity index (χ1) is 8.19. The second-order valence-corrected chi connectivity index (χ2v) is 3.40. The molecule has 2 amide bonds. The number of hydrogen-bond donors (Lipinski definition) is 3. The first-order valence-corrected chi connectivity index (χ1v) is 5.25. The van der Waals surface area contributed by atoms with Gasteiger partial charge in [-0.25, -0.2) is 0 Å². The first-order valence-electron chi connectivity index (χ1n) is 5.25. The van der Waals surface area contributed by atoms with Gasteiger partial charge in [0.15, 0.2) is 0 Å². The van der Waals surface area contributed by atoms with Gasteiger partial charge in [0.25, 0.3) is 11.6 Å². The number of amides is 2. The van der Waals surface area contributed by atoms with Crippen LogP contribution in [0.5, 0.6) is 0 Å². The van der Waals surface area contributed by atoms with Gasteiger partial charge in [-0.3, -0.25) is 20.4 Å². The van der Waals surface area contributed by atoms with Crippen molar-refractivity contribution in [3.05, 3.63) is 34.7 Å². The summed E-state index contributed by atoms with van der Waals surface area (Å²) >= 11 is 0. The molecule has 90 valence electrons. The van der Waals surface area contributed by atoms with Gasteiger partial charge < -0.3 is 0 Å². The van der Waals surface area contributed by atoms with Crippen LogP contribution in [0.15, 0.2) is 24.3 Å². The normalized spacial score (nSPS) is 9.47. The van der Waals surface area contributed by atoms with E-state index in [4.69, 9.17) is 0 Å². The molecular formula is C11H14N3O3+. The Balaban J connectivity index is 2.64. The summed E-state index contributed by atoms with van der Waals surface area (Å²) in [4.78, 5) is 33.3. The molecule has 0 aromatic heterocycles. The number of para-hydroxylation sites is 1. The van der Waals surface area contributed by atoms with Crippen LogP contribution in [0.2, 0.25) is 0 Å². The number of benzene rings is 1. The van der Waals surface area contributed by atoms with Crippen molar-refractivity contribution in [2.75, 3.05) is 0 Å². The molecule has 0 saturated heterocycles. The number of rotatable bonds is 4. The van der Waals surface area contributed by atoms with Crippen LogP contribution in [-0.4, -0.2) is 11.8 Å². The van der Waals surface area contributed by atoms with Crippen LogP contribution in [-0.2, 0) is 4.79 Å². The zero-order chi connectivity index (χ0) is 12.7. The van der Waals surface area contributed by atoms with Gasteiger partial charge in [-0.2, -0.15) is 0 Å². The molecule has 0 aliphatic rings. The van der Waals surface area contributed by atoms with Crippen LogP contribution in [0.4, 0.5) is 5.69 Å². The smallest absolute Gasteiger partial charge is 0.273 e. The highest BCUT2D eigenvalue weighted by atomic mass is 16.3. The van der Waals surface area contributed by atoms with Crippen molar-refractivity contribution in [3.63, 3.8) is 0 Å². The molecule has 0 aliphatic heterocycles. The van der Waals surface area contributed by atoms with Gasteiger partial charge in [0, 0.05) is 22.6 Å². The Hall–Kier alpha value is -2.24. The summed E-state index contributed by atoms with van der Waals surface area (Å²) in [5.74, 6) is -0.804. The zero-order valence-corrected chi connectivity index (χ0v) is 9.45. The van der Waals surface area contributed by atoms with Gasteiger partial charge in [-0.15, -0.1) is 0 Å². The molecule has 0 saturated carbocycles. The SMILES string of the molecule is CCCC(=O)NNC(=O)c1ccccc1[NH+]=O. The maximum absolute atomic E-state index is 11.6. The van der Waals surface area contributed by atoms with E-state index in [9.17, 15) is 14.5 Å². The fraction of sp³-hybridized carbons (Fsp3) is 0.273. The maximum Gasteiger partial charge on any atom is 0.276 e. The topological polar surface area (TPSA) is 89.2 Å². The second-order valence-electron chi connectivity index (χ2n) is 3.40. The van der Waals surface area contributed by atoms with Crippen LogP contribution in [0, 0.1) is 4.91 Å². The van der Waals surface area contributed by atoms with Gasteiger partial charge >= 0.3 is 0 Å². The Morgan fingerprint density at radius 1 is 1.24 bits per heavy atom. The zero-order valence-electron chi connectivity index (χ0n) is 9.45. The Kier molecular flexibility index (Phi) is 4.80. The third-order valence-electron chi connectivity index (χ3n) is 2.07. The van der Waals surface area contributed by atoms with Crippen LogP contribution >= 0.6 is 0 Å². The second kappa shape index (κ2) is 6.37. The Morgan fingerprint density at radius 2 is 1.94 bits per heavy atom. The summed E-state index contributed by atoms with van der Waals surface area (Å²) in [7, 11) is 0. The van der Waals surface area contributed by atoms with Crippen molar-refractivity contribution in [2.45, 2.75) is 19.8 Å².